The van der Waals surface area contributed by atoms with Crippen molar-refractivity contribution in [1.82, 2.24) is 24.6 Å². The summed E-state index contributed by atoms with van der Waals surface area (Å²) < 4.78 is 1.83. The van der Waals surface area contributed by atoms with Crippen LogP contribution in [0.4, 0.5) is 0 Å². The van der Waals surface area contributed by atoms with Crippen molar-refractivity contribution in [3.8, 4) is 11.3 Å². The fraction of sp³-hybridized carbons (Fsp3) is 0.250. The van der Waals surface area contributed by atoms with Gasteiger partial charge < -0.3 is 10.6 Å². The number of hydrogen-bond donors (Lipinski definition) is 1. The molecule has 8 nitrogen and oxygen atoms in total. The molecule has 1 aromatic carbocycles. The van der Waals surface area contributed by atoms with Gasteiger partial charge >= 0.3 is 0 Å². The van der Waals surface area contributed by atoms with Gasteiger partial charge in [0.25, 0.3) is 11.8 Å². The summed E-state index contributed by atoms with van der Waals surface area (Å²) in [5.74, 6) is -0.737. The van der Waals surface area contributed by atoms with Crippen molar-refractivity contribution >= 4 is 11.8 Å². The number of aryl methyl sites for hydroxylation is 1. The highest BCUT2D eigenvalue weighted by Gasteiger charge is 2.16. The van der Waals surface area contributed by atoms with Gasteiger partial charge in [-0.05, 0) is 26.0 Å². The van der Waals surface area contributed by atoms with Crippen molar-refractivity contribution in [3.63, 3.8) is 0 Å². The molecule has 2 N–H and O–H groups in total. The van der Waals surface area contributed by atoms with Gasteiger partial charge in [0.05, 0.1) is 24.3 Å². The van der Waals surface area contributed by atoms with Crippen LogP contribution in [0.5, 0.6) is 0 Å². The van der Waals surface area contributed by atoms with E-state index >= 15 is 0 Å². The second-order valence-corrected chi connectivity index (χ2v) is 6.26. The van der Waals surface area contributed by atoms with E-state index in [9.17, 15) is 9.59 Å². The van der Waals surface area contributed by atoms with Gasteiger partial charge in [0.15, 0.2) is 0 Å². The second-order valence-electron chi connectivity index (χ2n) is 6.26. The van der Waals surface area contributed by atoms with Crippen molar-refractivity contribution in [1.29, 1.82) is 0 Å². The van der Waals surface area contributed by atoms with Crippen molar-refractivity contribution < 1.29 is 9.59 Å². The summed E-state index contributed by atoms with van der Waals surface area (Å²) in [6.07, 6.45) is 6.57. The van der Waals surface area contributed by atoms with Gasteiger partial charge in [-0.1, -0.05) is 12.1 Å². The molecule has 3 aromatic rings. The molecule has 0 saturated carbocycles. The molecule has 0 radical (unpaired) electrons. The molecule has 0 spiro atoms. The van der Waals surface area contributed by atoms with Gasteiger partial charge in [0.2, 0.25) is 0 Å². The minimum Gasteiger partial charge on any atom is -0.364 e. The average molecular weight is 378 g/mol. The molecule has 0 bridgehead atoms. The third-order valence-electron chi connectivity index (χ3n) is 4.35. The highest BCUT2D eigenvalue weighted by Crippen LogP contribution is 2.19. The number of carbonyl (C=O) groups excluding carboxylic acids is 2. The molecule has 0 unspecified atom stereocenters. The maximum atomic E-state index is 13.0. The van der Waals surface area contributed by atoms with Crippen LogP contribution in [-0.2, 0) is 13.1 Å². The Morgan fingerprint density at radius 1 is 1.18 bits per heavy atom. The Bertz CT molecular complexity index is 998. The van der Waals surface area contributed by atoms with Crippen molar-refractivity contribution in [2.75, 3.05) is 6.54 Å². The third kappa shape index (κ3) is 4.22. The zero-order valence-corrected chi connectivity index (χ0v) is 15.9. The normalized spacial score (nSPS) is 10.6. The SMILES string of the molecule is CCN(Cc1cnn(CC)c1)C(=O)c1cccc(-c2cncc(C(N)=O)n2)c1. The summed E-state index contributed by atoms with van der Waals surface area (Å²) >= 11 is 0. The summed E-state index contributed by atoms with van der Waals surface area (Å²) in [5, 5.41) is 4.26. The van der Waals surface area contributed by atoms with Gasteiger partial charge in [0.1, 0.15) is 5.69 Å². The van der Waals surface area contributed by atoms with Crippen LogP contribution in [-0.4, -0.2) is 43.0 Å². The van der Waals surface area contributed by atoms with Gasteiger partial charge in [0, 0.05) is 42.5 Å². The van der Waals surface area contributed by atoms with E-state index in [1.54, 1.807) is 29.3 Å². The van der Waals surface area contributed by atoms with Crippen molar-refractivity contribution in [2.24, 2.45) is 5.73 Å². The molecule has 28 heavy (non-hydrogen) atoms. The lowest BCUT2D eigenvalue weighted by atomic mass is 10.1. The molecule has 0 aliphatic carbocycles. The smallest absolute Gasteiger partial charge is 0.268 e. The van der Waals surface area contributed by atoms with Crippen LogP contribution in [0.25, 0.3) is 11.3 Å². The Kier molecular flexibility index (Phi) is 5.78. The maximum absolute atomic E-state index is 13.0. The number of nitrogens with zero attached hydrogens (tertiary/aromatic N) is 5. The lowest BCUT2D eigenvalue weighted by Crippen LogP contribution is -2.30. The Hall–Kier alpha value is -3.55. The number of primary amides is 1. The largest absolute Gasteiger partial charge is 0.364 e. The van der Waals surface area contributed by atoms with Gasteiger partial charge in [-0.3, -0.25) is 19.3 Å². The molecule has 0 atom stereocenters. The number of hydrogen-bond acceptors (Lipinski definition) is 5. The lowest BCUT2D eigenvalue weighted by molar-refractivity contribution is 0.0752. The Labute approximate surface area is 163 Å². The Morgan fingerprint density at radius 3 is 2.68 bits per heavy atom. The number of rotatable bonds is 7. The summed E-state index contributed by atoms with van der Waals surface area (Å²) in [6, 6.07) is 7.10. The van der Waals surface area contributed by atoms with Gasteiger partial charge in [-0.25, -0.2) is 4.98 Å². The molecule has 0 aliphatic heterocycles. The number of amides is 2. The van der Waals surface area contributed by atoms with E-state index in [-0.39, 0.29) is 11.6 Å². The average Bonchev–Trinajstić information content (AvgIpc) is 3.19. The first-order valence-corrected chi connectivity index (χ1v) is 9.04. The Balaban J connectivity index is 1.84. The van der Waals surface area contributed by atoms with Crippen molar-refractivity contribution in [2.45, 2.75) is 26.9 Å². The summed E-state index contributed by atoms with van der Waals surface area (Å²) in [5.41, 5.74) is 8.04. The zero-order chi connectivity index (χ0) is 20.1. The highest BCUT2D eigenvalue weighted by molar-refractivity contribution is 5.95. The first kappa shape index (κ1) is 19.2. The first-order chi connectivity index (χ1) is 13.5. The number of aromatic nitrogens is 4. The molecule has 0 saturated heterocycles. The Morgan fingerprint density at radius 2 is 2.00 bits per heavy atom. The molecule has 2 aromatic heterocycles. The highest BCUT2D eigenvalue weighted by atomic mass is 16.2. The molecule has 2 amide bonds. The van der Waals surface area contributed by atoms with E-state index in [1.165, 1.54) is 12.4 Å². The number of nitrogens with two attached hydrogens (primary N) is 1. The van der Waals surface area contributed by atoms with Gasteiger partial charge in [-0.15, -0.1) is 0 Å². The van der Waals surface area contributed by atoms with Crippen molar-refractivity contribution in [3.05, 3.63) is 65.9 Å². The maximum Gasteiger partial charge on any atom is 0.268 e. The number of benzene rings is 1. The fourth-order valence-corrected chi connectivity index (χ4v) is 2.83. The molecular weight excluding hydrogens is 356 g/mol. The lowest BCUT2D eigenvalue weighted by Gasteiger charge is -2.20. The van der Waals surface area contributed by atoms with E-state index in [4.69, 9.17) is 5.73 Å². The van der Waals surface area contributed by atoms with Crippen LogP contribution in [0.3, 0.4) is 0 Å². The third-order valence-corrected chi connectivity index (χ3v) is 4.35. The predicted molar refractivity (Wildman–Crippen MR) is 104 cm³/mol. The monoisotopic (exact) mass is 378 g/mol. The topological polar surface area (TPSA) is 107 Å². The minimum absolute atomic E-state index is 0.0809. The molecule has 0 aliphatic rings. The van der Waals surface area contributed by atoms with Crippen LogP contribution in [0.2, 0.25) is 0 Å². The second kappa shape index (κ2) is 8.43. The van der Waals surface area contributed by atoms with E-state index in [2.05, 4.69) is 15.1 Å². The quantitative estimate of drug-likeness (QED) is 0.678. The van der Waals surface area contributed by atoms with E-state index in [0.29, 0.717) is 29.9 Å². The summed E-state index contributed by atoms with van der Waals surface area (Å²) in [7, 11) is 0. The summed E-state index contributed by atoms with van der Waals surface area (Å²) in [4.78, 5) is 34.3. The van der Waals surface area contributed by atoms with E-state index in [0.717, 1.165) is 12.1 Å². The molecule has 2 heterocycles. The van der Waals surface area contributed by atoms with E-state index in [1.807, 2.05) is 30.8 Å². The fourth-order valence-electron chi connectivity index (χ4n) is 2.83. The van der Waals surface area contributed by atoms with Crippen LogP contribution in [0.15, 0.2) is 49.1 Å². The van der Waals surface area contributed by atoms with Crippen LogP contribution in [0.1, 0.15) is 40.3 Å². The summed E-state index contributed by atoms with van der Waals surface area (Å²) in [6.45, 7) is 5.79. The predicted octanol–water partition coefficient (Wildman–Crippen LogP) is 2.12. The molecule has 144 valence electrons. The molecule has 8 heteroatoms. The number of carbonyl (C=O) groups is 2. The minimum atomic E-state index is -0.647. The van der Waals surface area contributed by atoms with E-state index < -0.39 is 5.91 Å². The zero-order valence-electron chi connectivity index (χ0n) is 15.9. The standard InChI is InChI=1S/C20H22N6O2/c1-3-25(12-14-9-23-26(4-2)13-14)20(28)16-7-5-6-15(8-16)17-10-22-11-18(24-17)19(21)27/h5-11,13H,3-4,12H2,1-2H3,(H2,21,27). The van der Waals surface area contributed by atoms with Crippen LogP contribution < -0.4 is 5.73 Å². The molecule has 3 rings (SSSR count). The molecule has 0 fully saturated rings. The van der Waals surface area contributed by atoms with Crippen LogP contribution >= 0.6 is 0 Å². The van der Waals surface area contributed by atoms with Gasteiger partial charge in [-0.2, -0.15) is 5.10 Å². The van der Waals surface area contributed by atoms with Crippen LogP contribution in [0, 0.1) is 0 Å². The first-order valence-electron chi connectivity index (χ1n) is 9.04. The molecular formula is C20H22N6O2.